The summed E-state index contributed by atoms with van der Waals surface area (Å²) in [6, 6.07) is 5.90. The van der Waals surface area contributed by atoms with Gasteiger partial charge >= 0.3 is 0 Å². The highest BCUT2D eigenvalue weighted by Crippen LogP contribution is 2.38. The lowest BCUT2D eigenvalue weighted by Crippen LogP contribution is -2.14. The van der Waals surface area contributed by atoms with Crippen molar-refractivity contribution >= 4 is 23.5 Å². The van der Waals surface area contributed by atoms with Crippen LogP contribution in [-0.4, -0.2) is 12.9 Å². The predicted octanol–water partition coefficient (Wildman–Crippen LogP) is 2.36. The summed E-state index contributed by atoms with van der Waals surface area (Å²) in [7, 11) is 1.66. The molecule has 13 heavy (non-hydrogen) atoms. The van der Waals surface area contributed by atoms with Crippen molar-refractivity contribution in [1.82, 2.24) is 4.72 Å². The highest BCUT2D eigenvalue weighted by Gasteiger charge is 2.13. The molecule has 0 amide bonds. The Kier molecular flexibility index (Phi) is 2.14. The van der Waals surface area contributed by atoms with Crippen molar-refractivity contribution in [2.75, 3.05) is 7.11 Å². The number of hydrogen-bond acceptors (Lipinski definition) is 4. The molecule has 3 nitrogen and oxygen atoms in total. The zero-order valence-corrected chi connectivity index (χ0v) is 8.31. The number of methoxy groups -OCH3 is 1. The quantitative estimate of drug-likeness (QED) is 0.697. The van der Waals surface area contributed by atoms with E-state index < -0.39 is 0 Å². The van der Waals surface area contributed by atoms with Gasteiger partial charge in [-0.2, -0.15) is 0 Å². The van der Waals surface area contributed by atoms with Gasteiger partial charge in [-0.1, -0.05) is 6.07 Å². The Labute approximate surface area is 81.3 Å². The Morgan fingerprint density at radius 1 is 1.46 bits per heavy atom. The summed E-state index contributed by atoms with van der Waals surface area (Å²) in [5.74, 6) is 1.73. The van der Waals surface area contributed by atoms with Gasteiger partial charge in [0.15, 0.2) is 0 Å². The smallest absolute Gasteiger partial charge is 0.145 e. The number of para-hydroxylation sites is 1. The Morgan fingerprint density at radius 2 is 2.31 bits per heavy atom. The molecule has 0 atom stereocenters. The number of rotatable bonds is 1. The summed E-state index contributed by atoms with van der Waals surface area (Å²) in [6.07, 6.45) is 0. The van der Waals surface area contributed by atoms with Crippen LogP contribution in [0.25, 0.3) is 0 Å². The van der Waals surface area contributed by atoms with Crippen molar-refractivity contribution in [2.24, 2.45) is 4.99 Å². The molecule has 0 unspecified atom stereocenters. The molecule has 0 saturated carbocycles. The maximum atomic E-state index is 5.21. The highest BCUT2D eigenvalue weighted by molar-refractivity contribution is 7.98. The first-order valence-corrected chi connectivity index (χ1v) is 4.78. The summed E-state index contributed by atoms with van der Waals surface area (Å²) in [5.41, 5.74) is 0.922. The molecule has 0 bridgehead atoms. The zero-order chi connectivity index (χ0) is 9.26. The van der Waals surface area contributed by atoms with Crippen LogP contribution in [0.15, 0.2) is 28.1 Å². The SMILES string of the molecule is COc1cccc2c1N=C(C)NS2. The van der Waals surface area contributed by atoms with Gasteiger partial charge in [0.25, 0.3) is 0 Å². The molecule has 0 fully saturated rings. The molecule has 1 N–H and O–H groups in total. The first kappa shape index (κ1) is 8.44. The average Bonchev–Trinajstić information content (AvgIpc) is 2.17. The van der Waals surface area contributed by atoms with Crippen LogP contribution in [0.3, 0.4) is 0 Å². The molecule has 1 heterocycles. The minimum absolute atomic E-state index is 0.825. The van der Waals surface area contributed by atoms with Crippen molar-refractivity contribution in [3.8, 4) is 5.75 Å². The number of hydrogen-bond donors (Lipinski definition) is 1. The fourth-order valence-corrected chi connectivity index (χ4v) is 1.87. The van der Waals surface area contributed by atoms with Gasteiger partial charge in [-0.05, 0) is 31.0 Å². The van der Waals surface area contributed by atoms with Gasteiger partial charge in [-0.15, -0.1) is 0 Å². The molecule has 0 aliphatic carbocycles. The van der Waals surface area contributed by atoms with E-state index in [1.54, 1.807) is 19.1 Å². The van der Waals surface area contributed by atoms with E-state index in [4.69, 9.17) is 4.74 Å². The summed E-state index contributed by atoms with van der Waals surface area (Å²) in [5, 5.41) is 0. The number of nitrogens with one attached hydrogen (secondary N) is 1. The highest BCUT2D eigenvalue weighted by atomic mass is 32.2. The number of fused-ring (bicyclic) bond motifs is 1. The lowest BCUT2D eigenvalue weighted by Gasteiger charge is -2.15. The fraction of sp³-hybridized carbons (Fsp3) is 0.222. The van der Waals surface area contributed by atoms with Crippen molar-refractivity contribution in [3.63, 3.8) is 0 Å². The van der Waals surface area contributed by atoms with Gasteiger partial charge in [-0.25, -0.2) is 4.99 Å². The Balaban J connectivity index is 2.55. The van der Waals surface area contributed by atoms with Gasteiger partial charge in [-0.3, -0.25) is 0 Å². The largest absolute Gasteiger partial charge is 0.494 e. The summed E-state index contributed by atoms with van der Waals surface area (Å²) < 4.78 is 8.31. The molecule has 1 aliphatic rings. The van der Waals surface area contributed by atoms with Crippen LogP contribution in [0, 0.1) is 0 Å². The normalized spacial score (nSPS) is 14.2. The van der Waals surface area contributed by atoms with Gasteiger partial charge in [0.1, 0.15) is 17.3 Å². The maximum Gasteiger partial charge on any atom is 0.145 e. The van der Waals surface area contributed by atoms with Gasteiger partial charge in [0, 0.05) is 0 Å². The van der Waals surface area contributed by atoms with E-state index in [9.17, 15) is 0 Å². The van der Waals surface area contributed by atoms with E-state index in [-0.39, 0.29) is 0 Å². The monoisotopic (exact) mass is 194 g/mol. The van der Waals surface area contributed by atoms with E-state index in [0.29, 0.717) is 0 Å². The van der Waals surface area contributed by atoms with Gasteiger partial charge in [0.05, 0.1) is 12.0 Å². The van der Waals surface area contributed by atoms with Crippen molar-refractivity contribution in [1.29, 1.82) is 0 Å². The Morgan fingerprint density at radius 3 is 3.08 bits per heavy atom. The first-order valence-electron chi connectivity index (χ1n) is 3.96. The number of nitrogens with zero attached hydrogens (tertiary/aromatic N) is 1. The second-order valence-corrected chi connectivity index (χ2v) is 3.56. The molecule has 1 aromatic rings. The molecular formula is C9H10N2OS. The topological polar surface area (TPSA) is 33.6 Å². The van der Waals surface area contributed by atoms with Crippen LogP contribution >= 0.6 is 11.9 Å². The van der Waals surface area contributed by atoms with Crippen LogP contribution in [0.1, 0.15) is 6.92 Å². The molecular weight excluding hydrogens is 184 g/mol. The molecule has 1 aliphatic heterocycles. The van der Waals surface area contributed by atoms with Crippen LogP contribution in [0.2, 0.25) is 0 Å². The number of benzene rings is 1. The fourth-order valence-electron chi connectivity index (χ4n) is 1.18. The van der Waals surface area contributed by atoms with E-state index in [1.807, 2.05) is 25.1 Å². The first-order chi connectivity index (χ1) is 6.31. The molecule has 0 spiro atoms. The van der Waals surface area contributed by atoms with Crippen LogP contribution in [0.4, 0.5) is 5.69 Å². The summed E-state index contributed by atoms with van der Waals surface area (Å²) in [4.78, 5) is 5.48. The standard InChI is InChI=1S/C9H10N2OS/c1-6-10-9-7(12-2)4-3-5-8(9)13-11-6/h3-5H,1-2H3,(H,10,11). The van der Waals surface area contributed by atoms with Gasteiger partial charge < -0.3 is 9.46 Å². The summed E-state index contributed by atoms with van der Waals surface area (Å²) >= 11 is 1.57. The predicted molar refractivity (Wildman–Crippen MR) is 54.8 cm³/mol. The molecule has 2 rings (SSSR count). The average molecular weight is 194 g/mol. The lowest BCUT2D eigenvalue weighted by atomic mass is 10.3. The van der Waals surface area contributed by atoms with Crippen LogP contribution in [-0.2, 0) is 0 Å². The third kappa shape index (κ3) is 1.49. The maximum absolute atomic E-state index is 5.21. The molecule has 0 saturated heterocycles. The molecule has 68 valence electrons. The Bertz CT molecular complexity index is 363. The molecule has 0 aromatic heterocycles. The van der Waals surface area contributed by atoms with E-state index >= 15 is 0 Å². The van der Waals surface area contributed by atoms with Crippen LogP contribution in [0.5, 0.6) is 5.75 Å². The lowest BCUT2D eigenvalue weighted by molar-refractivity contribution is 0.415. The minimum Gasteiger partial charge on any atom is -0.494 e. The van der Waals surface area contributed by atoms with Crippen LogP contribution < -0.4 is 9.46 Å². The number of amidine groups is 1. The third-order valence-corrected chi connectivity index (χ3v) is 2.72. The van der Waals surface area contributed by atoms with E-state index in [1.165, 1.54) is 0 Å². The second kappa shape index (κ2) is 3.30. The number of ether oxygens (including phenoxy) is 1. The van der Waals surface area contributed by atoms with Crippen molar-refractivity contribution in [3.05, 3.63) is 18.2 Å². The van der Waals surface area contributed by atoms with E-state index in [0.717, 1.165) is 22.2 Å². The van der Waals surface area contributed by atoms with Gasteiger partial charge in [0.2, 0.25) is 0 Å². The van der Waals surface area contributed by atoms with Crippen molar-refractivity contribution < 1.29 is 4.74 Å². The minimum atomic E-state index is 0.825. The second-order valence-electron chi connectivity index (χ2n) is 2.71. The molecule has 1 aromatic carbocycles. The van der Waals surface area contributed by atoms with Crippen molar-refractivity contribution in [2.45, 2.75) is 11.8 Å². The Hall–Kier alpha value is -1.16. The molecule has 4 heteroatoms. The number of aliphatic imine (C=N–C) groups is 1. The molecule has 0 radical (unpaired) electrons. The van der Waals surface area contributed by atoms with E-state index in [2.05, 4.69) is 9.71 Å². The third-order valence-electron chi connectivity index (χ3n) is 1.77. The summed E-state index contributed by atoms with van der Waals surface area (Å²) in [6.45, 7) is 1.93. The zero-order valence-electron chi connectivity index (χ0n) is 7.50.